The summed E-state index contributed by atoms with van der Waals surface area (Å²) in [6.45, 7) is 1.69. The molecule has 0 aromatic rings. The van der Waals surface area contributed by atoms with Crippen LogP contribution in [0.25, 0.3) is 0 Å². The van der Waals surface area contributed by atoms with Crippen molar-refractivity contribution < 1.29 is 17.5 Å². The van der Waals surface area contributed by atoms with E-state index < -0.39 is 10.4 Å². The summed E-state index contributed by atoms with van der Waals surface area (Å²) >= 11 is 0. The van der Waals surface area contributed by atoms with Crippen LogP contribution in [0.2, 0.25) is 0 Å². The standard InChI is InChI=1S/CH3P.H2O4S/c1-2;1-5(2,3)4/h1H3;(H2,1,2,3,4)/q+2;/p-2. The van der Waals surface area contributed by atoms with Crippen LogP contribution in [0.15, 0.2) is 0 Å². The summed E-state index contributed by atoms with van der Waals surface area (Å²) in [5.41, 5.74) is 0. The fraction of sp³-hybridized carbons (Fsp3) is 1.00. The van der Waals surface area contributed by atoms with E-state index in [1.54, 1.807) is 6.66 Å². The molecule has 0 aromatic heterocycles. The van der Waals surface area contributed by atoms with Gasteiger partial charge in [0.2, 0.25) is 0 Å². The van der Waals surface area contributed by atoms with E-state index in [1.807, 2.05) is 0 Å². The van der Waals surface area contributed by atoms with Crippen molar-refractivity contribution in [2.24, 2.45) is 0 Å². The van der Waals surface area contributed by atoms with Crippen LogP contribution in [0.1, 0.15) is 0 Å². The Hall–Kier alpha value is 0.170. The highest BCUT2D eigenvalue weighted by atomic mass is 32.3. The molecule has 0 rings (SSSR count). The van der Waals surface area contributed by atoms with Gasteiger partial charge in [0.1, 0.15) is 0 Å². The first-order chi connectivity index (χ1) is 3.00. The Kier molecular flexibility index (Phi) is 6.32. The molecule has 0 heterocycles. The highest BCUT2D eigenvalue weighted by Crippen LogP contribution is 1.57. The molecule has 0 atom stereocenters. The minimum absolute atomic E-state index is 1.69. The van der Waals surface area contributed by atoms with Gasteiger partial charge in [-0.2, -0.15) is 0 Å². The molecule has 0 bridgehead atoms. The van der Waals surface area contributed by atoms with Crippen LogP contribution in [0.4, 0.5) is 0 Å². The van der Waals surface area contributed by atoms with Crippen molar-refractivity contribution in [2.75, 3.05) is 6.66 Å². The van der Waals surface area contributed by atoms with E-state index in [0.29, 0.717) is 0 Å². The highest BCUT2D eigenvalue weighted by Gasteiger charge is 1.85. The summed E-state index contributed by atoms with van der Waals surface area (Å²) in [5.74, 6) is 0. The van der Waals surface area contributed by atoms with Crippen LogP contribution >= 0.6 is 9.24 Å². The molecular formula is CH3O4PS. The largest absolute Gasteiger partial charge is 1.17 e. The van der Waals surface area contributed by atoms with Crippen LogP contribution in [-0.2, 0) is 10.4 Å². The molecule has 0 aliphatic carbocycles. The van der Waals surface area contributed by atoms with Gasteiger partial charge in [-0.1, -0.05) is 0 Å². The zero-order chi connectivity index (χ0) is 6.50. The Labute approximate surface area is 44.7 Å². The van der Waals surface area contributed by atoms with Crippen LogP contribution in [0, 0.1) is 0 Å². The van der Waals surface area contributed by atoms with Gasteiger partial charge in [-0.15, -0.1) is 0 Å². The Morgan fingerprint density at radius 1 is 1.29 bits per heavy atom. The normalized spacial score (nSPS) is 9.00. The molecule has 0 aromatic carbocycles. The third-order valence-corrected chi connectivity index (χ3v) is 0. The molecule has 42 valence electrons. The van der Waals surface area contributed by atoms with Crippen molar-refractivity contribution >= 4 is 19.6 Å². The molecule has 0 saturated heterocycles. The third-order valence-electron chi connectivity index (χ3n) is 0. The van der Waals surface area contributed by atoms with Crippen LogP contribution < -0.4 is 0 Å². The van der Waals surface area contributed by atoms with Crippen molar-refractivity contribution in [1.29, 1.82) is 0 Å². The second-order valence-electron chi connectivity index (χ2n) is 0.408. The molecular weight excluding hydrogens is 139 g/mol. The fourth-order valence-electron chi connectivity index (χ4n) is 0. The van der Waals surface area contributed by atoms with Gasteiger partial charge in [-0.25, -0.2) is 0 Å². The maximum Gasteiger partial charge on any atom is 1.17 e. The van der Waals surface area contributed by atoms with Crippen molar-refractivity contribution in [3.63, 3.8) is 0 Å². The van der Waals surface area contributed by atoms with E-state index in [2.05, 4.69) is 9.24 Å². The van der Waals surface area contributed by atoms with Gasteiger partial charge in [0, 0.05) is 10.4 Å². The minimum Gasteiger partial charge on any atom is -0.759 e. The number of hydrogen-bond donors (Lipinski definition) is 0. The molecule has 0 aliphatic heterocycles. The van der Waals surface area contributed by atoms with Gasteiger partial charge < -0.3 is 9.11 Å². The summed E-state index contributed by atoms with van der Waals surface area (Å²) < 4.78 is 34.1. The van der Waals surface area contributed by atoms with Crippen LogP contribution in [0.3, 0.4) is 0 Å². The molecule has 6 heteroatoms. The van der Waals surface area contributed by atoms with E-state index in [9.17, 15) is 0 Å². The highest BCUT2D eigenvalue weighted by molar-refractivity contribution is 7.79. The number of hydrogen-bond acceptors (Lipinski definition) is 4. The smallest absolute Gasteiger partial charge is 0.759 e. The Morgan fingerprint density at radius 3 is 1.29 bits per heavy atom. The minimum atomic E-state index is -5.17. The predicted octanol–water partition coefficient (Wildman–Crippen LogP) is -0.311. The molecule has 0 aliphatic rings. The van der Waals surface area contributed by atoms with Crippen molar-refractivity contribution in [2.45, 2.75) is 0 Å². The third kappa shape index (κ3) is 3710. The summed E-state index contributed by atoms with van der Waals surface area (Å²) in [6.07, 6.45) is 0. The zero-order valence-electron chi connectivity index (χ0n) is 3.49. The Morgan fingerprint density at radius 2 is 1.29 bits per heavy atom. The second-order valence-corrected chi connectivity index (χ2v) is 1.22. The number of rotatable bonds is 0. The lowest BCUT2D eigenvalue weighted by Crippen LogP contribution is -1.91. The van der Waals surface area contributed by atoms with Crippen molar-refractivity contribution in [1.82, 2.24) is 0 Å². The molecule has 0 saturated carbocycles. The van der Waals surface area contributed by atoms with Gasteiger partial charge in [0.25, 0.3) is 0 Å². The van der Waals surface area contributed by atoms with E-state index in [1.165, 1.54) is 0 Å². The van der Waals surface area contributed by atoms with Crippen LogP contribution in [-0.4, -0.2) is 24.2 Å². The molecule has 4 nitrogen and oxygen atoms in total. The van der Waals surface area contributed by atoms with E-state index in [0.717, 1.165) is 0 Å². The van der Waals surface area contributed by atoms with Crippen LogP contribution in [0.5, 0.6) is 0 Å². The van der Waals surface area contributed by atoms with Gasteiger partial charge in [-0.3, -0.25) is 8.42 Å². The summed E-state index contributed by atoms with van der Waals surface area (Å²) in [5, 5.41) is 0. The average molecular weight is 142 g/mol. The summed E-state index contributed by atoms with van der Waals surface area (Å²) in [7, 11) is -1.64. The molecule has 0 spiro atoms. The predicted molar refractivity (Wildman–Crippen MR) is 23.3 cm³/mol. The SMILES string of the molecule is C[P+2].O=S(=O)([O-])[O-]. The molecule has 0 amide bonds. The molecule has 7 heavy (non-hydrogen) atoms. The second kappa shape index (κ2) is 4.33. The lowest BCUT2D eigenvalue weighted by Gasteiger charge is -2.06. The monoisotopic (exact) mass is 142 g/mol. The van der Waals surface area contributed by atoms with Gasteiger partial charge in [0.05, 0.1) is 0 Å². The first-order valence-corrected chi connectivity index (χ1v) is 3.34. The Bertz CT molecular complexity index is 94.9. The molecule has 0 N–H and O–H groups in total. The van der Waals surface area contributed by atoms with E-state index >= 15 is 0 Å². The van der Waals surface area contributed by atoms with Gasteiger partial charge in [0.15, 0.2) is 0 Å². The van der Waals surface area contributed by atoms with Crippen molar-refractivity contribution in [3.05, 3.63) is 0 Å². The first-order valence-electron chi connectivity index (χ1n) is 1.11. The lowest BCUT2D eigenvalue weighted by atomic mass is 12.0. The van der Waals surface area contributed by atoms with E-state index in [4.69, 9.17) is 17.5 Å². The Balaban J connectivity index is 0. The maximum atomic E-state index is 8.52. The van der Waals surface area contributed by atoms with E-state index in [-0.39, 0.29) is 0 Å². The molecule has 2 radical (unpaired) electrons. The molecule has 0 fully saturated rings. The fourth-order valence-corrected chi connectivity index (χ4v) is 0. The summed E-state index contributed by atoms with van der Waals surface area (Å²) in [6, 6.07) is 0. The topological polar surface area (TPSA) is 80.3 Å². The quantitative estimate of drug-likeness (QED) is 0.264. The maximum absolute atomic E-state index is 8.52. The molecule has 0 unspecified atom stereocenters. The zero-order valence-corrected chi connectivity index (χ0v) is 5.20. The lowest BCUT2D eigenvalue weighted by molar-refractivity contribution is 0.352. The van der Waals surface area contributed by atoms with Gasteiger partial charge >= 0.3 is 15.9 Å². The summed E-state index contributed by atoms with van der Waals surface area (Å²) in [4.78, 5) is 0. The van der Waals surface area contributed by atoms with Gasteiger partial charge in [-0.05, 0) is 0 Å². The first kappa shape index (κ1) is 10.2. The average Bonchev–Trinajstić information content (AvgIpc) is 1.36. The van der Waals surface area contributed by atoms with Crippen molar-refractivity contribution in [3.8, 4) is 0 Å².